The lowest BCUT2D eigenvalue weighted by Gasteiger charge is -2.01. The summed E-state index contributed by atoms with van der Waals surface area (Å²) in [6.45, 7) is 2.06. The number of aryl methyl sites for hydroxylation is 1. The zero-order valence-corrected chi connectivity index (χ0v) is 7.48. The van der Waals surface area contributed by atoms with Gasteiger partial charge >= 0.3 is 0 Å². The first-order chi connectivity index (χ1) is 5.77. The maximum Gasteiger partial charge on any atom is 0.252 e. The minimum Gasteiger partial charge on any atom is -0.375 e. The number of aromatic nitrogens is 1. The van der Waals surface area contributed by atoms with Crippen LogP contribution in [0.2, 0.25) is 0 Å². The van der Waals surface area contributed by atoms with E-state index in [1.54, 1.807) is 7.05 Å². The van der Waals surface area contributed by atoms with Gasteiger partial charge in [-0.05, 0) is 18.6 Å². The van der Waals surface area contributed by atoms with E-state index in [4.69, 9.17) is 0 Å². The Morgan fingerprint density at radius 1 is 1.50 bits per heavy atom. The second-order valence-corrected chi connectivity index (χ2v) is 2.73. The van der Waals surface area contributed by atoms with E-state index in [-0.39, 0.29) is 5.56 Å². The van der Waals surface area contributed by atoms with Crippen molar-refractivity contribution in [2.24, 2.45) is 0 Å². The summed E-state index contributed by atoms with van der Waals surface area (Å²) in [4.78, 5) is 14.0. The predicted octanol–water partition coefficient (Wildman–Crippen LogP) is 1.37. The van der Waals surface area contributed by atoms with E-state index in [9.17, 15) is 4.79 Å². The second kappa shape index (κ2) is 3.95. The predicted molar refractivity (Wildman–Crippen MR) is 50.6 cm³/mol. The van der Waals surface area contributed by atoms with Crippen molar-refractivity contribution in [1.82, 2.24) is 4.98 Å². The number of nitrogens with one attached hydrogen (secondary N) is 2. The van der Waals surface area contributed by atoms with Gasteiger partial charge in [0.15, 0.2) is 0 Å². The van der Waals surface area contributed by atoms with Gasteiger partial charge in [0.25, 0.3) is 5.56 Å². The molecule has 2 N–H and O–H groups in total. The Kier molecular flexibility index (Phi) is 2.91. The van der Waals surface area contributed by atoms with Crippen LogP contribution in [-0.4, -0.2) is 12.0 Å². The van der Waals surface area contributed by atoms with Crippen molar-refractivity contribution in [3.8, 4) is 0 Å². The molecule has 12 heavy (non-hydrogen) atoms. The monoisotopic (exact) mass is 166 g/mol. The van der Waals surface area contributed by atoms with Crippen molar-refractivity contribution in [1.29, 1.82) is 0 Å². The molecule has 0 aliphatic heterocycles. The molecule has 0 saturated carbocycles. The molecule has 66 valence electrons. The van der Waals surface area contributed by atoms with Crippen LogP contribution in [0.1, 0.15) is 18.9 Å². The highest BCUT2D eigenvalue weighted by Crippen LogP contribution is 2.00. The summed E-state index contributed by atoms with van der Waals surface area (Å²) in [5.74, 6) is 0.764. The minimum absolute atomic E-state index is 0.0173. The fourth-order valence-corrected chi connectivity index (χ4v) is 1.12. The molecule has 0 aliphatic carbocycles. The highest BCUT2D eigenvalue weighted by Gasteiger charge is 1.97. The molecule has 1 aromatic heterocycles. The Hall–Kier alpha value is -1.25. The third-order valence-electron chi connectivity index (χ3n) is 1.78. The fraction of sp³-hybridized carbons (Fsp3) is 0.444. The molecule has 0 saturated heterocycles. The first kappa shape index (κ1) is 8.84. The normalized spacial score (nSPS) is 9.83. The molecule has 0 spiro atoms. The maximum absolute atomic E-state index is 11.3. The molecule has 3 heteroatoms. The summed E-state index contributed by atoms with van der Waals surface area (Å²) in [5.41, 5.74) is 0.875. The van der Waals surface area contributed by atoms with Crippen LogP contribution in [-0.2, 0) is 6.42 Å². The Labute approximate surface area is 71.8 Å². The van der Waals surface area contributed by atoms with Gasteiger partial charge in [-0.15, -0.1) is 0 Å². The lowest BCUT2D eigenvalue weighted by Crippen LogP contribution is -2.13. The van der Waals surface area contributed by atoms with E-state index in [2.05, 4.69) is 17.2 Å². The average molecular weight is 166 g/mol. The van der Waals surface area contributed by atoms with Gasteiger partial charge in [-0.2, -0.15) is 0 Å². The van der Waals surface area contributed by atoms with Crippen LogP contribution >= 0.6 is 0 Å². The summed E-state index contributed by atoms with van der Waals surface area (Å²) in [6.07, 6.45) is 1.85. The molecule has 0 radical (unpaired) electrons. The zero-order valence-electron chi connectivity index (χ0n) is 7.48. The van der Waals surface area contributed by atoms with E-state index < -0.39 is 0 Å². The molecular weight excluding hydrogens is 152 g/mol. The molecule has 1 heterocycles. The summed E-state index contributed by atoms with van der Waals surface area (Å²) in [7, 11) is 1.78. The molecular formula is C9H14N2O. The third kappa shape index (κ3) is 1.87. The number of anilines is 1. The van der Waals surface area contributed by atoms with Crippen LogP contribution in [0, 0.1) is 0 Å². The Morgan fingerprint density at radius 2 is 2.25 bits per heavy atom. The van der Waals surface area contributed by atoms with Gasteiger partial charge in [-0.3, -0.25) is 4.79 Å². The first-order valence-corrected chi connectivity index (χ1v) is 4.18. The van der Waals surface area contributed by atoms with Crippen LogP contribution in [0.5, 0.6) is 0 Å². The van der Waals surface area contributed by atoms with Crippen molar-refractivity contribution in [3.05, 3.63) is 28.0 Å². The van der Waals surface area contributed by atoms with E-state index in [0.29, 0.717) is 0 Å². The lowest BCUT2D eigenvalue weighted by atomic mass is 10.2. The van der Waals surface area contributed by atoms with Gasteiger partial charge in [-0.1, -0.05) is 13.3 Å². The number of aromatic amines is 1. The van der Waals surface area contributed by atoms with Crippen LogP contribution in [0.15, 0.2) is 16.9 Å². The number of hydrogen-bond donors (Lipinski definition) is 2. The van der Waals surface area contributed by atoms with Crippen molar-refractivity contribution >= 4 is 5.82 Å². The van der Waals surface area contributed by atoms with Gasteiger partial charge in [0.1, 0.15) is 5.82 Å². The summed E-state index contributed by atoms with van der Waals surface area (Å²) in [6, 6.07) is 3.75. The molecule has 0 atom stereocenters. The van der Waals surface area contributed by atoms with Crippen LogP contribution in [0.4, 0.5) is 5.82 Å². The van der Waals surface area contributed by atoms with Crippen LogP contribution in [0.25, 0.3) is 0 Å². The van der Waals surface area contributed by atoms with E-state index in [0.717, 1.165) is 24.2 Å². The van der Waals surface area contributed by atoms with Crippen molar-refractivity contribution < 1.29 is 0 Å². The van der Waals surface area contributed by atoms with E-state index in [1.165, 1.54) is 0 Å². The minimum atomic E-state index is 0.0173. The van der Waals surface area contributed by atoms with Crippen LogP contribution in [0.3, 0.4) is 0 Å². The number of H-pyrrole nitrogens is 1. The fourth-order valence-electron chi connectivity index (χ4n) is 1.12. The summed E-state index contributed by atoms with van der Waals surface area (Å²) >= 11 is 0. The SMILES string of the molecule is CCCc1ccc(NC)[nH]c1=O. The Morgan fingerprint density at radius 3 is 2.75 bits per heavy atom. The van der Waals surface area contributed by atoms with Gasteiger partial charge in [-0.25, -0.2) is 0 Å². The highest BCUT2D eigenvalue weighted by atomic mass is 16.1. The number of pyridine rings is 1. The maximum atomic E-state index is 11.3. The lowest BCUT2D eigenvalue weighted by molar-refractivity contribution is 0.901. The van der Waals surface area contributed by atoms with E-state index in [1.807, 2.05) is 12.1 Å². The van der Waals surface area contributed by atoms with Gasteiger partial charge < -0.3 is 10.3 Å². The third-order valence-corrected chi connectivity index (χ3v) is 1.78. The van der Waals surface area contributed by atoms with Gasteiger partial charge in [0.05, 0.1) is 0 Å². The zero-order chi connectivity index (χ0) is 8.97. The molecule has 3 nitrogen and oxygen atoms in total. The second-order valence-electron chi connectivity index (χ2n) is 2.73. The largest absolute Gasteiger partial charge is 0.375 e. The molecule has 0 bridgehead atoms. The number of hydrogen-bond acceptors (Lipinski definition) is 2. The van der Waals surface area contributed by atoms with Crippen LogP contribution < -0.4 is 10.9 Å². The van der Waals surface area contributed by atoms with Gasteiger partial charge in [0, 0.05) is 12.6 Å². The van der Waals surface area contributed by atoms with Crippen molar-refractivity contribution in [3.63, 3.8) is 0 Å². The molecule has 0 aromatic carbocycles. The molecule has 0 fully saturated rings. The molecule has 1 rings (SSSR count). The van der Waals surface area contributed by atoms with Gasteiger partial charge in [0.2, 0.25) is 0 Å². The first-order valence-electron chi connectivity index (χ1n) is 4.18. The topological polar surface area (TPSA) is 44.9 Å². The quantitative estimate of drug-likeness (QED) is 0.712. The Bertz CT molecular complexity index is 304. The number of rotatable bonds is 3. The average Bonchev–Trinajstić information content (AvgIpc) is 2.09. The molecule has 0 aliphatic rings. The highest BCUT2D eigenvalue weighted by molar-refractivity contribution is 5.34. The molecule has 0 unspecified atom stereocenters. The summed E-state index contributed by atoms with van der Waals surface area (Å²) in [5, 5.41) is 2.88. The molecule has 1 aromatic rings. The standard InChI is InChI=1S/C9H14N2O/c1-3-4-7-5-6-8(10-2)11-9(7)12/h5-6H,3-4H2,1-2H3,(H2,10,11,12). The van der Waals surface area contributed by atoms with E-state index >= 15 is 0 Å². The Balaban J connectivity index is 2.96. The van der Waals surface area contributed by atoms with Crippen molar-refractivity contribution in [2.45, 2.75) is 19.8 Å². The smallest absolute Gasteiger partial charge is 0.252 e. The molecule has 0 amide bonds. The summed E-state index contributed by atoms with van der Waals surface area (Å²) < 4.78 is 0. The van der Waals surface area contributed by atoms with Crippen molar-refractivity contribution in [2.75, 3.05) is 12.4 Å².